The van der Waals surface area contributed by atoms with Crippen molar-refractivity contribution in [3.05, 3.63) is 42.4 Å². The van der Waals surface area contributed by atoms with Crippen LogP contribution in [0.2, 0.25) is 0 Å². The largest absolute Gasteiger partial charge is 0.438 e. The van der Waals surface area contributed by atoms with Crippen LogP contribution >= 0.6 is 11.3 Å². The number of nitrogens with one attached hydrogen (secondary N) is 1. The number of hydrogen-bond donors (Lipinski definition) is 1. The van der Waals surface area contributed by atoms with Crippen molar-refractivity contribution in [1.29, 1.82) is 0 Å². The summed E-state index contributed by atoms with van der Waals surface area (Å²) in [6, 6.07) is 10.5. The SMILES string of the molecule is CC(C)(C)NCc1ncc(-c2cc3ccccc3s2)o1. The predicted molar refractivity (Wildman–Crippen MR) is 83.9 cm³/mol. The van der Waals surface area contributed by atoms with Crippen LogP contribution in [0.15, 0.2) is 40.9 Å². The molecule has 0 spiro atoms. The van der Waals surface area contributed by atoms with Crippen molar-refractivity contribution < 1.29 is 4.42 Å². The molecule has 3 aromatic rings. The van der Waals surface area contributed by atoms with Crippen LogP contribution in [0.1, 0.15) is 26.7 Å². The molecular formula is C16H18N2OS. The highest BCUT2D eigenvalue weighted by atomic mass is 32.1. The summed E-state index contributed by atoms with van der Waals surface area (Å²) in [7, 11) is 0. The number of fused-ring (bicyclic) bond motifs is 1. The average molecular weight is 286 g/mol. The summed E-state index contributed by atoms with van der Waals surface area (Å²) < 4.78 is 7.10. The summed E-state index contributed by atoms with van der Waals surface area (Å²) in [6.07, 6.45) is 1.81. The Bertz CT molecular complexity index is 688. The first-order chi connectivity index (χ1) is 9.51. The minimum absolute atomic E-state index is 0.0618. The molecule has 1 N–H and O–H groups in total. The summed E-state index contributed by atoms with van der Waals surface area (Å²) >= 11 is 1.73. The lowest BCUT2D eigenvalue weighted by atomic mass is 10.1. The Kier molecular flexibility index (Phi) is 3.36. The zero-order valence-electron chi connectivity index (χ0n) is 11.9. The van der Waals surface area contributed by atoms with Gasteiger partial charge >= 0.3 is 0 Å². The fourth-order valence-electron chi connectivity index (χ4n) is 1.95. The van der Waals surface area contributed by atoms with Gasteiger partial charge in [0.15, 0.2) is 5.76 Å². The molecule has 0 unspecified atom stereocenters. The molecule has 3 rings (SSSR count). The highest BCUT2D eigenvalue weighted by molar-refractivity contribution is 7.22. The van der Waals surface area contributed by atoms with Gasteiger partial charge in [-0.2, -0.15) is 0 Å². The molecule has 0 atom stereocenters. The molecule has 0 saturated carbocycles. The highest BCUT2D eigenvalue weighted by Crippen LogP contribution is 2.33. The van der Waals surface area contributed by atoms with E-state index in [0.29, 0.717) is 6.54 Å². The van der Waals surface area contributed by atoms with Crippen LogP contribution in [-0.2, 0) is 6.54 Å². The topological polar surface area (TPSA) is 38.1 Å². The Morgan fingerprint density at radius 1 is 1.25 bits per heavy atom. The maximum Gasteiger partial charge on any atom is 0.208 e. The summed E-state index contributed by atoms with van der Waals surface area (Å²) in [5.74, 6) is 1.57. The molecule has 0 aliphatic rings. The molecule has 0 aliphatic heterocycles. The van der Waals surface area contributed by atoms with Crippen LogP contribution in [0.4, 0.5) is 0 Å². The molecule has 0 bridgehead atoms. The van der Waals surface area contributed by atoms with Crippen molar-refractivity contribution in [2.75, 3.05) is 0 Å². The zero-order chi connectivity index (χ0) is 14.2. The molecule has 20 heavy (non-hydrogen) atoms. The third-order valence-corrected chi connectivity index (χ3v) is 4.12. The molecule has 2 heterocycles. The van der Waals surface area contributed by atoms with Crippen molar-refractivity contribution in [2.24, 2.45) is 0 Å². The van der Waals surface area contributed by atoms with Gasteiger partial charge in [0.2, 0.25) is 5.89 Å². The van der Waals surface area contributed by atoms with Crippen LogP contribution in [0.25, 0.3) is 20.7 Å². The summed E-state index contributed by atoms with van der Waals surface area (Å²) in [5, 5.41) is 4.63. The minimum Gasteiger partial charge on any atom is -0.438 e. The molecular weight excluding hydrogens is 268 g/mol. The predicted octanol–water partition coefficient (Wildman–Crippen LogP) is 4.44. The van der Waals surface area contributed by atoms with Crippen LogP contribution < -0.4 is 5.32 Å². The first-order valence-corrected chi connectivity index (χ1v) is 7.52. The van der Waals surface area contributed by atoms with Gasteiger partial charge in [0.25, 0.3) is 0 Å². The molecule has 104 valence electrons. The zero-order valence-corrected chi connectivity index (χ0v) is 12.8. The average Bonchev–Trinajstić information content (AvgIpc) is 3.01. The third kappa shape index (κ3) is 2.92. The molecule has 0 fully saturated rings. The van der Waals surface area contributed by atoms with E-state index in [2.05, 4.69) is 61.4 Å². The molecule has 4 heteroatoms. The lowest BCUT2D eigenvalue weighted by Gasteiger charge is -2.18. The van der Waals surface area contributed by atoms with E-state index in [1.54, 1.807) is 11.3 Å². The van der Waals surface area contributed by atoms with Gasteiger partial charge in [-0.3, -0.25) is 0 Å². The second-order valence-electron chi connectivity index (χ2n) is 5.87. The molecule has 0 saturated heterocycles. The normalized spacial score (nSPS) is 12.2. The van der Waals surface area contributed by atoms with E-state index >= 15 is 0 Å². The van der Waals surface area contributed by atoms with E-state index in [-0.39, 0.29) is 5.54 Å². The molecule has 1 aromatic carbocycles. The Morgan fingerprint density at radius 3 is 2.80 bits per heavy atom. The summed E-state index contributed by atoms with van der Waals surface area (Å²) in [5.41, 5.74) is 0.0618. The van der Waals surface area contributed by atoms with Crippen molar-refractivity contribution in [1.82, 2.24) is 10.3 Å². The minimum atomic E-state index is 0.0618. The van der Waals surface area contributed by atoms with Gasteiger partial charge in [0.05, 0.1) is 17.6 Å². The lowest BCUT2D eigenvalue weighted by molar-refractivity contribution is 0.384. The molecule has 3 nitrogen and oxygen atoms in total. The summed E-state index contributed by atoms with van der Waals surface area (Å²) in [4.78, 5) is 5.47. The monoisotopic (exact) mass is 286 g/mol. The third-order valence-electron chi connectivity index (χ3n) is 2.99. The Morgan fingerprint density at radius 2 is 2.05 bits per heavy atom. The number of thiophene rings is 1. The van der Waals surface area contributed by atoms with E-state index in [0.717, 1.165) is 16.5 Å². The molecule has 0 radical (unpaired) electrons. The number of hydrogen-bond acceptors (Lipinski definition) is 4. The molecule has 0 aliphatic carbocycles. The summed E-state index contributed by atoms with van der Waals surface area (Å²) in [6.45, 7) is 7.03. The van der Waals surface area contributed by atoms with Crippen LogP contribution in [0, 0.1) is 0 Å². The van der Waals surface area contributed by atoms with Crippen LogP contribution in [-0.4, -0.2) is 10.5 Å². The van der Waals surface area contributed by atoms with Gasteiger partial charge < -0.3 is 9.73 Å². The maximum atomic E-state index is 5.83. The molecule has 0 amide bonds. The lowest BCUT2D eigenvalue weighted by Crippen LogP contribution is -2.35. The Hall–Kier alpha value is -1.65. The van der Waals surface area contributed by atoms with E-state index < -0.39 is 0 Å². The van der Waals surface area contributed by atoms with Gasteiger partial charge in [0.1, 0.15) is 0 Å². The maximum absolute atomic E-state index is 5.83. The fourth-order valence-corrected chi connectivity index (χ4v) is 2.96. The first kappa shape index (κ1) is 13.3. The van der Waals surface area contributed by atoms with Gasteiger partial charge in [-0.1, -0.05) is 18.2 Å². The number of oxazole rings is 1. The van der Waals surface area contributed by atoms with Gasteiger partial charge in [-0.25, -0.2) is 4.98 Å². The number of nitrogens with zero attached hydrogens (tertiary/aromatic N) is 1. The van der Waals surface area contributed by atoms with E-state index in [9.17, 15) is 0 Å². The second kappa shape index (κ2) is 5.04. The van der Waals surface area contributed by atoms with Crippen LogP contribution in [0.5, 0.6) is 0 Å². The van der Waals surface area contributed by atoms with Crippen molar-refractivity contribution in [3.8, 4) is 10.6 Å². The standard InChI is InChI=1S/C16H18N2OS/c1-16(2,3)18-10-15-17-9-12(19-15)14-8-11-6-4-5-7-13(11)20-14/h4-9,18H,10H2,1-3H3. The smallest absolute Gasteiger partial charge is 0.208 e. The Balaban J connectivity index is 1.82. The quantitative estimate of drug-likeness (QED) is 0.773. The van der Waals surface area contributed by atoms with Crippen LogP contribution in [0.3, 0.4) is 0 Å². The van der Waals surface area contributed by atoms with Crippen molar-refractivity contribution in [3.63, 3.8) is 0 Å². The van der Waals surface area contributed by atoms with Gasteiger partial charge in [-0.15, -0.1) is 11.3 Å². The number of rotatable bonds is 3. The molecule has 2 aromatic heterocycles. The van der Waals surface area contributed by atoms with Gasteiger partial charge in [-0.05, 0) is 38.3 Å². The van der Waals surface area contributed by atoms with E-state index in [4.69, 9.17) is 4.42 Å². The first-order valence-electron chi connectivity index (χ1n) is 6.70. The number of aromatic nitrogens is 1. The second-order valence-corrected chi connectivity index (χ2v) is 6.95. The van der Waals surface area contributed by atoms with Crippen molar-refractivity contribution >= 4 is 21.4 Å². The number of benzene rings is 1. The Labute approximate surface area is 122 Å². The fraction of sp³-hybridized carbons (Fsp3) is 0.312. The van der Waals surface area contributed by atoms with E-state index in [1.165, 1.54) is 10.1 Å². The van der Waals surface area contributed by atoms with E-state index in [1.807, 2.05) is 6.20 Å². The van der Waals surface area contributed by atoms with Crippen molar-refractivity contribution in [2.45, 2.75) is 32.9 Å². The highest BCUT2D eigenvalue weighted by Gasteiger charge is 2.13. The van der Waals surface area contributed by atoms with Gasteiger partial charge in [0, 0.05) is 10.2 Å².